The van der Waals surface area contributed by atoms with Crippen molar-refractivity contribution in [2.24, 2.45) is 11.8 Å². The van der Waals surface area contributed by atoms with E-state index in [4.69, 9.17) is 4.78 Å². The molecule has 1 unspecified atom stereocenters. The maximum Gasteiger partial charge on any atom is 0.105 e. The first-order chi connectivity index (χ1) is 5.49. The average Bonchev–Trinajstić information content (AvgIpc) is 2.62. The molecule has 12 heavy (non-hydrogen) atoms. The second kappa shape index (κ2) is 3.75. The van der Waals surface area contributed by atoms with E-state index in [1.165, 1.54) is 12.8 Å². The summed E-state index contributed by atoms with van der Waals surface area (Å²) in [6, 6.07) is 0. The Hall–Kier alpha value is -0.0900. The molecular weight excluding hydrogens is 172 g/mol. The molecule has 0 aliphatic heterocycles. The van der Waals surface area contributed by atoms with Crippen LogP contribution in [-0.2, 0) is 9.92 Å². The van der Waals surface area contributed by atoms with Gasteiger partial charge in [-0.2, -0.15) is 0 Å². The lowest BCUT2D eigenvalue weighted by Gasteiger charge is -2.10. The molecule has 4 heteroatoms. The van der Waals surface area contributed by atoms with Crippen LogP contribution in [0.5, 0.6) is 0 Å². The van der Waals surface area contributed by atoms with Crippen LogP contribution in [-0.4, -0.2) is 16.5 Å². The zero-order valence-electron chi connectivity index (χ0n) is 7.80. The lowest BCUT2D eigenvalue weighted by molar-refractivity contribution is 0.637. The van der Waals surface area contributed by atoms with Crippen LogP contribution in [0.15, 0.2) is 0 Å². The van der Waals surface area contributed by atoms with E-state index >= 15 is 0 Å². The van der Waals surface area contributed by atoms with Crippen molar-refractivity contribution in [1.29, 1.82) is 4.78 Å². The summed E-state index contributed by atoms with van der Waals surface area (Å²) in [7, 11) is -2.49. The predicted molar refractivity (Wildman–Crippen MR) is 51.3 cm³/mol. The van der Waals surface area contributed by atoms with Gasteiger partial charge in [0.2, 0.25) is 0 Å². The van der Waals surface area contributed by atoms with Gasteiger partial charge in [0.15, 0.2) is 0 Å². The van der Waals surface area contributed by atoms with Crippen molar-refractivity contribution in [2.45, 2.75) is 26.7 Å². The highest BCUT2D eigenvalue weighted by Gasteiger charge is 2.22. The van der Waals surface area contributed by atoms with Gasteiger partial charge in [0.1, 0.15) is 9.92 Å². The smallest absolute Gasteiger partial charge is 0.105 e. The Morgan fingerprint density at radius 1 is 1.58 bits per heavy atom. The first-order valence-electron chi connectivity index (χ1n) is 4.50. The van der Waals surface area contributed by atoms with Gasteiger partial charge in [-0.25, -0.2) is 13.7 Å². The van der Waals surface area contributed by atoms with Crippen LogP contribution >= 0.6 is 0 Å². The average molecular weight is 190 g/mol. The summed E-state index contributed by atoms with van der Waals surface area (Å²) >= 11 is 0. The second-order valence-electron chi connectivity index (χ2n) is 4.03. The van der Waals surface area contributed by atoms with Crippen LogP contribution in [0.25, 0.3) is 0 Å². The Labute approximate surface area is 75.0 Å². The molecule has 0 heterocycles. The molecule has 0 aromatic heterocycles. The second-order valence-corrected chi connectivity index (χ2v) is 6.00. The van der Waals surface area contributed by atoms with Crippen molar-refractivity contribution in [2.75, 3.05) is 12.3 Å². The molecule has 1 saturated carbocycles. The fraction of sp³-hybridized carbons (Fsp3) is 1.00. The third-order valence-corrected chi connectivity index (χ3v) is 3.64. The van der Waals surface area contributed by atoms with E-state index in [0.717, 1.165) is 6.54 Å². The van der Waals surface area contributed by atoms with Crippen LogP contribution < -0.4 is 4.72 Å². The number of hydrogen-bond acceptors (Lipinski definition) is 2. The Morgan fingerprint density at radius 2 is 2.17 bits per heavy atom. The molecule has 1 rings (SSSR count). The topological polar surface area (TPSA) is 53.0 Å². The van der Waals surface area contributed by atoms with Crippen LogP contribution in [0.1, 0.15) is 26.7 Å². The first-order valence-corrected chi connectivity index (χ1v) is 6.23. The maximum absolute atomic E-state index is 11.5. The van der Waals surface area contributed by atoms with Gasteiger partial charge in [-0.3, -0.25) is 0 Å². The van der Waals surface area contributed by atoms with Crippen molar-refractivity contribution in [3.05, 3.63) is 0 Å². The summed E-state index contributed by atoms with van der Waals surface area (Å²) in [5, 5.41) is 0. The van der Waals surface area contributed by atoms with Crippen LogP contribution in [0, 0.1) is 16.6 Å². The largest absolute Gasteiger partial charge is 0.240 e. The minimum Gasteiger partial charge on any atom is -0.240 e. The van der Waals surface area contributed by atoms with E-state index < -0.39 is 9.92 Å². The highest BCUT2D eigenvalue weighted by molar-refractivity contribution is 7.90. The summed E-state index contributed by atoms with van der Waals surface area (Å²) in [5.74, 6) is 1.50. The van der Waals surface area contributed by atoms with E-state index in [9.17, 15) is 4.21 Å². The minimum atomic E-state index is -2.49. The molecule has 3 nitrogen and oxygen atoms in total. The van der Waals surface area contributed by atoms with Gasteiger partial charge < -0.3 is 0 Å². The van der Waals surface area contributed by atoms with Crippen molar-refractivity contribution in [3.8, 4) is 0 Å². The highest BCUT2D eigenvalue weighted by atomic mass is 32.2. The van der Waals surface area contributed by atoms with Gasteiger partial charge in [0.05, 0.1) is 0 Å². The minimum absolute atomic E-state index is 0.335. The zero-order valence-corrected chi connectivity index (χ0v) is 8.62. The molecule has 0 amide bonds. The van der Waals surface area contributed by atoms with Gasteiger partial charge in [0.25, 0.3) is 0 Å². The molecule has 1 atom stereocenters. The summed E-state index contributed by atoms with van der Waals surface area (Å²) in [6.45, 7) is 4.76. The molecule has 0 saturated heterocycles. The van der Waals surface area contributed by atoms with Crippen molar-refractivity contribution < 1.29 is 4.21 Å². The van der Waals surface area contributed by atoms with Gasteiger partial charge in [-0.15, -0.1) is 0 Å². The van der Waals surface area contributed by atoms with E-state index in [-0.39, 0.29) is 0 Å². The van der Waals surface area contributed by atoms with Crippen LogP contribution in [0.4, 0.5) is 0 Å². The standard InChI is InChI=1S/C8H18N2OS/c1-7(2)6-12(9,11)10-5-8-3-4-8/h7-8H,3-6H2,1-2H3,(H2,9,10,11). The maximum atomic E-state index is 11.5. The Bertz CT molecular complexity index is 229. The molecule has 0 spiro atoms. The normalized spacial score (nSPS) is 22.6. The molecule has 2 N–H and O–H groups in total. The summed E-state index contributed by atoms with van der Waals surface area (Å²) in [4.78, 5) is 0. The lowest BCUT2D eigenvalue weighted by Crippen LogP contribution is -2.28. The fourth-order valence-corrected chi connectivity index (χ4v) is 2.66. The molecular formula is C8H18N2OS. The molecule has 72 valence electrons. The van der Waals surface area contributed by atoms with E-state index in [1.54, 1.807) is 0 Å². The third-order valence-electron chi connectivity index (χ3n) is 1.87. The van der Waals surface area contributed by atoms with Gasteiger partial charge in [-0.05, 0) is 24.7 Å². The summed E-state index contributed by atoms with van der Waals surface area (Å²) in [5.41, 5.74) is 0. The van der Waals surface area contributed by atoms with E-state index in [2.05, 4.69) is 4.72 Å². The Morgan fingerprint density at radius 3 is 2.58 bits per heavy atom. The van der Waals surface area contributed by atoms with Crippen molar-refractivity contribution >= 4 is 9.92 Å². The van der Waals surface area contributed by atoms with Crippen molar-refractivity contribution in [1.82, 2.24) is 4.72 Å². The third kappa shape index (κ3) is 4.07. The van der Waals surface area contributed by atoms with Crippen LogP contribution in [0.2, 0.25) is 0 Å². The van der Waals surface area contributed by atoms with E-state index in [1.807, 2.05) is 13.8 Å². The molecule has 1 aliphatic rings. The summed E-state index contributed by atoms with van der Waals surface area (Å²) in [6.07, 6.45) is 2.48. The Balaban J connectivity index is 2.26. The monoisotopic (exact) mass is 190 g/mol. The zero-order chi connectivity index (χ0) is 9.19. The number of hydrogen-bond donors (Lipinski definition) is 2. The van der Waals surface area contributed by atoms with Crippen LogP contribution in [0.3, 0.4) is 0 Å². The van der Waals surface area contributed by atoms with Gasteiger partial charge >= 0.3 is 0 Å². The van der Waals surface area contributed by atoms with Gasteiger partial charge in [0, 0.05) is 12.3 Å². The van der Waals surface area contributed by atoms with E-state index in [0.29, 0.717) is 17.6 Å². The summed E-state index contributed by atoms with van der Waals surface area (Å²) < 4.78 is 21.8. The quantitative estimate of drug-likeness (QED) is 0.680. The number of rotatable bonds is 5. The van der Waals surface area contributed by atoms with Crippen molar-refractivity contribution in [3.63, 3.8) is 0 Å². The highest BCUT2D eigenvalue weighted by Crippen LogP contribution is 2.27. The molecule has 0 aromatic carbocycles. The number of nitrogens with one attached hydrogen (secondary N) is 2. The Kier molecular flexibility index (Phi) is 3.12. The predicted octanol–water partition coefficient (Wildman–Crippen LogP) is 1.60. The molecule has 0 bridgehead atoms. The molecule has 1 aliphatic carbocycles. The molecule has 0 radical (unpaired) electrons. The lowest BCUT2D eigenvalue weighted by atomic mass is 10.3. The fourth-order valence-electron chi connectivity index (χ4n) is 1.10. The SMILES string of the molecule is CC(C)CS(=N)(=O)NCC1CC1. The first kappa shape index (κ1) is 9.99. The molecule has 0 aromatic rings. The van der Waals surface area contributed by atoms with Gasteiger partial charge in [-0.1, -0.05) is 13.8 Å². The molecule has 1 fully saturated rings.